The van der Waals surface area contributed by atoms with Crippen molar-refractivity contribution in [2.45, 2.75) is 38.0 Å². The van der Waals surface area contributed by atoms with Crippen molar-refractivity contribution in [1.29, 1.82) is 5.26 Å². The molecular formula is C21H23FN6O. The van der Waals surface area contributed by atoms with E-state index in [0.29, 0.717) is 11.0 Å². The summed E-state index contributed by atoms with van der Waals surface area (Å²) < 4.78 is 15.6. The molecule has 1 aliphatic heterocycles. The third-order valence-electron chi connectivity index (χ3n) is 6.85. The van der Waals surface area contributed by atoms with Crippen LogP contribution in [0.25, 0.3) is 16.7 Å². The maximum absolute atomic E-state index is 14.0. The normalized spacial score (nSPS) is 24.0. The first-order valence-electron chi connectivity index (χ1n) is 9.97. The fourth-order valence-electron chi connectivity index (χ4n) is 5.07. The van der Waals surface area contributed by atoms with E-state index in [1.54, 1.807) is 4.52 Å². The molecule has 3 heterocycles. The molecule has 8 heteroatoms. The number of amides is 1. The summed E-state index contributed by atoms with van der Waals surface area (Å²) in [6, 6.07) is 5.04. The first-order valence-corrected chi connectivity index (χ1v) is 9.97. The average Bonchev–Trinajstić information content (AvgIpc) is 3.31. The van der Waals surface area contributed by atoms with Crippen molar-refractivity contribution in [3.63, 3.8) is 0 Å². The number of nitriles is 1. The fourth-order valence-corrected chi connectivity index (χ4v) is 5.07. The zero-order valence-corrected chi connectivity index (χ0v) is 16.3. The number of primary amides is 1. The van der Waals surface area contributed by atoms with Crippen LogP contribution in [0.3, 0.4) is 0 Å². The standard InChI is InChI=1S/C21H23FN6O/c1-20(5-6-27(11-20)12-21(10-23)3-2-4-21)15-9-25-28-17-14(18(24)29)7-13(22)8-16(17)26-19(15)28/h7-9,26H,2-6,11-12H2,1H3,(H2,24,29). The number of aromatic nitrogens is 3. The summed E-state index contributed by atoms with van der Waals surface area (Å²) in [6.07, 6.45) is 5.88. The van der Waals surface area contributed by atoms with Crippen molar-refractivity contribution in [1.82, 2.24) is 19.5 Å². The van der Waals surface area contributed by atoms with E-state index < -0.39 is 11.7 Å². The van der Waals surface area contributed by atoms with Crippen LogP contribution in [0.15, 0.2) is 18.3 Å². The second kappa shape index (κ2) is 6.04. The topological polar surface area (TPSA) is 103 Å². The van der Waals surface area contributed by atoms with E-state index in [0.717, 1.165) is 62.6 Å². The number of likely N-dealkylation sites (tertiary alicyclic amines) is 1. The molecule has 1 saturated carbocycles. The second-order valence-corrected chi connectivity index (χ2v) is 8.92. The van der Waals surface area contributed by atoms with Gasteiger partial charge in [0.2, 0.25) is 0 Å². The molecule has 0 bridgehead atoms. The van der Waals surface area contributed by atoms with Gasteiger partial charge in [0.25, 0.3) is 5.91 Å². The Labute approximate surface area is 167 Å². The number of nitrogens with zero attached hydrogens (tertiary/aromatic N) is 4. The van der Waals surface area contributed by atoms with Crippen LogP contribution in [0, 0.1) is 22.6 Å². The lowest BCUT2D eigenvalue weighted by Gasteiger charge is -2.38. The van der Waals surface area contributed by atoms with Crippen molar-refractivity contribution >= 4 is 22.6 Å². The molecule has 0 spiro atoms. The van der Waals surface area contributed by atoms with Crippen LogP contribution in [0.5, 0.6) is 0 Å². The Bertz CT molecular complexity index is 1180. The Balaban J connectivity index is 1.53. The number of carbonyl (C=O) groups excluding carboxylic acids is 1. The minimum atomic E-state index is -0.687. The molecule has 3 N–H and O–H groups in total. The summed E-state index contributed by atoms with van der Waals surface area (Å²) in [7, 11) is 0. The smallest absolute Gasteiger partial charge is 0.251 e. The van der Waals surface area contributed by atoms with Gasteiger partial charge in [0.05, 0.1) is 28.8 Å². The SMILES string of the molecule is CC1(c2cnn3c2[nH]c2cc(F)cc(C(N)=O)c23)CCN(CC2(C#N)CCC2)C1. The summed E-state index contributed by atoms with van der Waals surface area (Å²) >= 11 is 0. The number of aromatic amines is 1. The van der Waals surface area contributed by atoms with E-state index >= 15 is 0 Å². The number of benzene rings is 1. The molecule has 150 valence electrons. The highest BCUT2D eigenvalue weighted by Gasteiger charge is 2.44. The summed E-state index contributed by atoms with van der Waals surface area (Å²) in [5, 5.41) is 14.1. The zero-order chi connectivity index (χ0) is 20.4. The lowest BCUT2D eigenvalue weighted by atomic mass is 9.69. The number of hydrogen-bond acceptors (Lipinski definition) is 4. The number of rotatable bonds is 4. The lowest BCUT2D eigenvalue weighted by molar-refractivity contribution is 0.100. The fraction of sp³-hybridized carbons (Fsp3) is 0.476. The third-order valence-corrected chi connectivity index (χ3v) is 6.85. The number of imidazole rings is 1. The molecule has 1 aromatic carbocycles. The van der Waals surface area contributed by atoms with Gasteiger partial charge in [-0.25, -0.2) is 8.91 Å². The molecule has 1 atom stereocenters. The number of fused-ring (bicyclic) bond motifs is 3. The van der Waals surface area contributed by atoms with E-state index in [1.807, 2.05) is 6.20 Å². The van der Waals surface area contributed by atoms with E-state index in [9.17, 15) is 14.4 Å². The minimum absolute atomic E-state index is 0.111. The maximum Gasteiger partial charge on any atom is 0.251 e. The van der Waals surface area contributed by atoms with E-state index in [1.165, 1.54) is 6.07 Å². The molecular weight excluding hydrogens is 371 g/mol. The largest absolute Gasteiger partial charge is 0.366 e. The molecule has 1 amide bonds. The highest BCUT2D eigenvalue weighted by atomic mass is 19.1. The molecule has 7 nitrogen and oxygen atoms in total. The number of nitrogens with two attached hydrogens (primary N) is 1. The van der Waals surface area contributed by atoms with Crippen LogP contribution in [-0.4, -0.2) is 45.0 Å². The minimum Gasteiger partial charge on any atom is -0.366 e. The van der Waals surface area contributed by atoms with Crippen molar-refractivity contribution in [2.24, 2.45) is 11.1 Å². The van der Waals surface area contributed by atoms with Gasteiger partial charge in [-0.15, -0.1) is 0 Å². The molecule has 5 rings (SSSR count). The Morgan fingerprint density at radius 2 is 2.21 bits per heavy atom. The van der Waals surface area contributed by atoms with Crippen LogP contribution < -0.4 is 5.73 Å². The van der Waals surface area contributed by atoms with Gasteiger partial charge in [0.15, 0.2) is 0 Å². The van der Waals surface area contributed by atoms with Crippen LogP contribution in [0.1, 0.15) is 48.5 Å². The van der Waals surface area contributed by atoms with Gasteiger partial charge in [0.1, 0.15) is 17.0 Å². The van der Waals surface area contributed by atoms with Gasteiger partial charge in [-0.2, -0.15) is 10.4 Å². The van der Waals surface area contributed by atoms with Crippen molar-refractivity contribution in [3.05, 3.63) is 35.3 Å². The molecule has 2 aliphatic rings. The lowest BCUT2D eigenvalue weighted by Crippen LogP contribution is -2.41. The predicted octanol–water partition coefficient (Wildman–Crippen LogP) is 2.71. The second-order valence-electron chi connectivity index (χ2n) is 8.92. The number of carbonyl (C=O) groups is 1. The summed E-state index contributed by atoms with van der Waals surface area (Å²) in [5.41, 5.74) is 8.04. The van der Waals surface area contributed by atoms with E-state index in [4.69, 9.17) is 5.73 Å². The molecule has 2 aromatic heterocycles. The van der Waals surface area contributed by atoms with Gasteiger partial charge >= 0.3 is 0 Å². The summed E-state index contributed by atoms with van der Waals surface area (Å²) in [4.78, 5) is 17.5. The van der Waals surface area contributed by atoms with Crippen molar-refractivity contribution < 1.29 is 9.18 Å². The van der Waals surface area contributed by atoms with Crippen LogP contribution in [0.2, 0.25) is 0 Å². The third kappa shape index (κ3) is 2.64. The first kappa shape index (κ1) is 18.1. The monoisotopic (exact) mass is 394 g/mol. The molecule has 1 saturated heterocycles. The van der Waals surface area contributed by atoms with Gasteiger partial charge in [0, 0.05) is 24.1 Å². The maximum atomic E-state index is 14.0. The predicted molar refractivity (Wildman–Crippen MR) is 106 cm³/mol. The van der Waals surface area contributed by atoms with Crippen LogP contribution >= 0.6 is 0 Å². The number of halogens is 1. The Morgan fingerprint density at radius 1 is 1.41 bits per heavy atom. The number of hydrogen-bond donors (Lipinski definition) is 2. The van der Waals surface area contributed by atoms with E-state index in [-0.39, 0.29) is 16.4 Å². The average molecular weight is 394 g/mol. The molecule has 1 unspecified atom stereocenters. The zero-order valence-electron chi connectivity index (χ0n) is 16.3. The van der Waals surface area contributed by atoms with Crippen LogP contribution in [-0.2, 0) is 5.41 Å². The molecule has 0 radical (unpaired) electrons. The molecule has 3 aromatic rings. The van der Waals surface area contributed by atoms with Crippen LogP contribution in [0.4, 0.5) is 4.39 Å². The van der Waals surface area contributed by atoms with Crippen molar-refractivity contribution in [2.75, 3.05) is 19.6 Å². The van der Waals surface area contributed by atoms with Crippen molar-refractivity contribution in [3.8, 4) is 6.07 Å². The Morgan fingerprint density at radius 3 is 2.86 bits per heavy atom. The number of H-pyrrole nitrogens is 1. The van der Waals surface area contributed by atoms with Gasteiger partial charge < -0.3 is 15.6 Å². The van der Waals surface area contributed by atoms with E-state index in [2.05, 4.69) is 28.0 Å². The number of nitrogens with one attached hydrogen (secondary N) is 1. The molecule has 1 aliphatic carbocycles. The molecule has 2 fully saturated rings. The summed E-state index contributed by atoms with van der Waals surface area (Å²) in [5.74, 6) is -1.20. The van der Waals surface area contributed by atoms with Gasteiger partial charge in [-0.05, 0) is 37.9 Å². The summed E-state index contributed by atoms with van der Waals surface area (Å²) in [6.45, 7) is 4.78. The Hall–Kier alpha value is -2.92. The quantitative estimate of drug-likeness (QED) is 0.710. The Kier molecular flexibility index (Phi) is 3.77. The highest BCUT2D eigenvalue weighted by Crippen LogP contribution is 2.44. The highest BCUT2D eigenvalue weighted by molar-refractivity contribution is 6.05. The van der Waals surface area contributed by atoms with Gasteiger partial charge in [-0.1, -0.05) is 13.3 Å². The first-order chi connectivity index (χ1) is 13.8. The van der Waals surface area contributed by atoms with Gasteiger partial charge in [-0.3, -0.25) is 4.79 Å². The molecule has 29 heavy (non-hydrogen) atoms.